The first-order chi connectivity index (χ1) is 8.74. The van der Waals surface area contributed by atoms with Crippen LogP contribution in [0.25, 0.3) is 0 Å². The van der Waals surface area contributed by atoms with Crippen LogP contribution in [0.4, 0.5) is 0 Å². The Hall–Kier alpha value is -0.730. The highest BCUT2D eigenvalue weighted by atomic mass is 35.5. The molecular weight excluding hydrogens is 246 g/mol. The van der Waals surface area contributed by atoms with Crippen LogP contribution < -0.4 is 10.1 Å². The molecule has 1 aromatic rings. The number of hydrogen-bond acceptors (Lipinski definition) is 2. The van der Waals surface area contributed by atoms with Crippen LogP contribution in [0.2, 0.25) is 5.02 Å². The molecule has 1 N–H and O–H groups in total. The average molecular weight is 267 g/mol. The van der Waals surface area contributed by atoms with Crippen molar-refractivity contribution in [2.75, 3.05) is 19.7 Å². The van der Waals surface area contributed by atoms with E-state index in [2.05, 4.69) is 12.2 Å². The number of rotatable bonds is 5. The second-order valence-corrected chi connectivity index (χ2v) is 5.52. The Labute approximate surface area is 115 Å². The molecule has 0 aromatic heterocycles. The molecule has 1 aliphatic heterocycles. The lowest BCUT2D eigenvalue weighted by Gasteiger charge is -2.25. The largest absolute Gasteiger partial charge is 0.493 e. The maximum Gasteiger partial charge on any atom is 0.119 e. The third-order valence-electron chi connectivity index (χ3n) is 3.36. The van der Waals surface area contributed by atoms with E-state index in [1.54, 1.807) is 0 Å². The number of benzene rings is 1. The molecule has 0 bridgehead atoms. The summed E-state index contributed by atoms with van der Waals surface area (Å²) in [6, 6.07) is 7.49. The van der Waals surface area contributed by atoms with Gasteiger partial charge < -0.3 is 10.1 Å². The number of hydrogen-bond donors (Lipinski definition) is 1. The van der Waals surface area contributed by atoms with Crippen molar-refractivity contribution in [1.82, 2.24) is 5.32 Å². The van der Waals surface area contributed by atoms with E-state index in [1.165, 1.54) is 19.4 Å². The lowest BCUT2D eigenvalue weighted by Crippen LogP contribution is -2.31. The first-order valence-electron chi connectivity index (χ1n) is 6.66. The van der Waals surface area contributed by atoms with Crippen molar-refractivity contribution in [3.8, 4) is 5.75 Å². The summed E-state index contributed by atoms with van der Waals surface area (Å²) >= 11 is 5.83. The lowest BCUT2D eigenvalue weighted by atomic mass is 9.90. The Balaban J connectivity index is 1.70. The van der Waals surface area contributed by atoms with E-state index in [0.29, 0.717) is 12.5 Å². The molecule has 2 nitrogen and oxygen atoms in total. The fourth-order valence-electron chi connectivity index (χ4n) is 2.41. The number of ether oxygens (including phenoxy) is 1. The van der Waals surface area contributed by atoms with Crippen molar-refractivity contribution in [3.63, 3.8) is 0 Å². The van der Waals surface area contributed by atoms with Gasteiger partial charge in [-0.15, -0.1) is 0 Å². The van der Waals surface area contributed by atoms with E-state index < -0.39 is 0 Å². The Bertz CT molecular complexity index is 346. The van der Waals surface area contributed by atoms with Crippen LogP contribution in [-0.2, 0) is 0 Å². The summed E-state index contributed by atoms with van der Waals surface area (Å²) in [4.78, 5) is 0. The molecule has 18 heavy (non-hydrogen) atoms. The zero-order valence-corrected chi connectivity index (χ0v) is 11.5. The van der Waals surface area contributed by atoms with Gasteiger partial charge in [0.2, 0.25) is 0 Å². The van der Waals surface area contributed by atoms with E-state index in [4.69, 9.17) is 16.3 Å². The molecule has 99 valence electrons. The maximum atomic E-state index is 5.83. The standard InChI is InChI=1S/C15H21ClNO/c1-12(9-13-3-2-8-17-10-13)11-18-15-6-4-14(16)5-7-15/h4-7,12-13,17H,1-3,8-11H2. The number of piperidine rings is 1. The van der Waals surface area contributed by atoms with Gasteiger partial charge in [0, 0.05) is 5.02 Å². The van der Waals surface area contributed by atoms with Crippen molar-refractivity contribution in [2.45, 2.75) is 19.3 Å². The summed E-state index contributed by atoms with van der Waals surface area (Å²) in [6.45, 7) is 7.16. The predicted molar refractivity (Wildman–Crippen MR) is 76.0 cm³/mol. The van der Waals surface area contributed by atoms with Gasteiger partial charge in [0.25, 0.3) is 0 Å². The third kappa shape index (κ3) is 4.51. The fraction of sp³-hybridized carbons (Fsp3) is 0.533. The van der Waals surface area contributed by atoms with Crippen molar-refractivity contribution in [2.24, 2.45) is 11.8 Å². The highest BCUT2D eigenvalue weighted by Crippen LogP contribution is 2.21. The molecule has 1 radical (unpaired) electrons. The molecule has 1 fully saturated rings. The molecule has 2 rings (SSSR count). The maximum absolute atomic E-state index is 5.83. The molecule has 2 atom stereocenters. The third-order valence-corrected chi connectivity index (χ3v) is 3.62. The SMILES string of the molecule is [CH2]C(COc1ccc(Cl)cc1)CC1CCCNC1. The highest BCUT2D eigenvalue weighted by molar-refractivity contribution is 6.30. The van der Waals surface area contributed by atoms with Gasteiger partial charge in [-0.25, -0.2) is 0 Å². The van der Waals surface area contributed by atoms with Crippen LogP contribution in [0, 0.1) is 18.8 Å². The zero-order chi connectivity index (χ0) is 12.8. The van der Waals surface area contributed by atoms with E-state index >= 15 is 0 Å². The minimum Gasteiger partial charge on any atom is -0.493 e. The molecule has 0 amide bonds. The van der Waals surface area contributed by atoms with Crippen LogP contribution in [0.1, 0.15) is 19.3 Å². The Morgan fingerprint density at radius 2 is 2.17 bits per heavy atom. The van der Waals surface area contributed by atoms with Crippen LogP contribution >= 0.6 is 11.6 Å². The molecule has 1 aromatic carbocycles. The summed E-state index contributed by atoms with van der Waals surface area (Å²) in [5, 5.41) is 4.17. The molecule has 1 saturated heterocycles. The van der Waals surface area contributed by atoms with Crippen LogP contribution in [0.3, 0.4) is 0 Å². The second-order valence-electron chi connectivity index (χ2n) is 5.08. The van der Waals surface area contributed by atoms with Gasteiger partial charge in [0.05, 0.1) is 6.61 Å². The first kappa shape index (κ1) is 13.7. The van der Waals surface area contributed by atoms with Gasteiger partial charge in [-0.3, -0.25) is 0 Å². The number of halogens is 1. The normalized spacial score (nSPS) is 21.6. The van der Waals surface area contributed by atoms with Crippen molar-refractivity contribution in [1.29, 1.82) is 0 Å². The fourth-order valence-corrected chi connectivity index (χ4v) is 2.54. The van der Waals surface area contributed by atoms with Gasteiger partial charge >= 0.3 is 0 Å². The van der Waals surface area contributed by atoms with Crippen molar-refractivity contribution in [3.05, 3.63) is 36.2 Å². The van der Waals surface area contributed by atoms with Crippen molar-refractivity contribution >= 4 is 11.6 Å². The first-order valence-corrected chi connectivity index (χ1v) is 7.04. The van der Waals surface area contributed by atoms with E-state index in [0.717, 1.165) is 29.7 Å². The lowest BCUT2D eigenvalue weighted by molar-refractivity contribution is 0.233. The predicted octanol–water partition coefficient (Wildman–Crippen LogP) is 3.56. The Kier molecular flexibility index (Phi) is 5.33. The van der Waals surface area contributed by atoms with Crippen LogP contribution in [0.15, 0.2) is 24.3 Å². The molecule has 1 heterocycles. The second kappa shape index (κ2) is 7.01. The van der Waals surface area contributed by atoms with Gasteiger partial charge in [0.15, 0.2) is 0 Å². The quantitative estimate of drug-likeness (QED) is 0.880. The summed E-state index contributed by atoms with van der Waals surface area (Å²) < 4.78 is 5.72. The molecular formula is C15H21ClNO. The zero-order valence-electron chi connectivity index (χ0n) is 10.7. The molecule has 2 unspecified atom stereocenters. The van der Waals surface area contributed by atoms with Crippen LogP contribution in [-0.4, -0.2) is 19.7 Å². The van der Waals surface area contributed by atoms with E-state index in [1.807, 2.05) is 24.3 Å². The molecule has 3 heteroatoms. The Morgan fingerprint density at radius 3 is 2.83 bits per heavy atom. The average Bonchev–Trinajstić information content (AvgIpc) is 2.39. The molecule has 0 saturated carbocycles. The Morgan fingerprint density at radius 1 is 1.39 bits per heavy atom. The minimum atomic E-state index is 0.352. The van der Waals surface area contributed by atoms with Gasteiger partial charge in [-0.1, -0.05) is 11.6 Å². The monoisotopic (exact) mass is 266 g/mol. The van der Waals surface area contributed by atoms with E-state index in [9.17, 15) is 0 Å². The molecule has 1 aliphatic rings. The van der Waals surface area contributed by atoms with Gasteiger partial charge in [0.1, 0.15) is 5.75 Å². The smallest absolute Gasteiger partial charge is 0.119 e. The molecule has 0 spiro atoms. The minimum absolute atomic E-state index is 0.352. The summed E-state index contributed by atoms with van der Waals surface area (Å²) in [5.74, 6) is 1.98. The topological polar surface area (TPSA) is 21.3 Å². The highest BCUT2D eigenvalue weighted by Gasteiger charge is 2.16. The summed E-state index contributed by atoms with van der Waals surface area (Å²) in [5.41, 5.74) is 0. The summed E-state index contributed by atoms with van der Waals surface area (Å²) in [6.07, 6.45) is 3.75. The van der Waals surface area contributed by atoms with Crippen LogP contribution in [0.5, 0.6) is 5.75 Å². The molecule has 0 aliphatic carbocycles. The van der Waals surface area contributed by atoms with Gasteiger partial charge in [-0.2, -0.15) is 0 Å². The van der Waals surface area contributed by atoms with Gasteiger partial charge in [-0.05, 0) is 75.4 Å². The van der Waals surface area contributed by atoms with E-state index in [-0.39, 0.29) is 0 Å². The number of nitrogens with one attached hydrogen (secondary N) is 1. The van der Waals surface area contributed by atoms with Crippen molar-refractivity contribution < 1.29 is 4.74 Å². The summed E-state index contributed by atoms with van der Waals surface area (Å²) in [7, 11) is 0.